The van der Waals surface area contributed by atoms with Crippen LogP contribution in [0, 0.1) is 5.82 Å². The highest BCUT2D eigenvalue weighted by atomic mass is 19.1. The Labute approximate surface area is 97.2 Å². The Morgan fingerprint density at radius 3 is 2.94 bits per heavy atom. The first-order valence-corrected chi connectivity index (χ1v) is 5.80. The molecule has 90 valence electrons. The number of aromatic amines is 1. The third-order valence-corrected chi connectivity index (χ3v) is 3.49. The minimum Gasteiger partial charge on any atom is -0.328 e. The summed E-state index contributed by atoms with van der Waals surface area (Å²) in [6.07, 6.45) is 2.65. The second-order valence-corrected chi connectivity index (χ2v) is 4.69. The molecule has 1 heterocycles. The topological polar surface area (TPSA) is 63.8 Å². The molecule has 0 bridgehead atoms. The fourth-order valence-electron chi connectivity index (χ4n) is 2.69. The Morgan fingerprint density at radius 1 is 1.41 bits per heavy atom. The first kappa shape index (κ1) is 10.5. The van der Waals surface area contributed by atoms with Gasteiger partial charge >= 0.3 is 5.69 Å². The molecule has 3 N–H and O–H groups in total. The number of benzene rings is 1. The standard InChI is InChI=1S/C12H14FN3O/c13-7-1-4-11-10(5-7)15-12(17)16(11)9-3-2-8(14)6-9/h1,4-5,8-9H,2-3,6,14H2,(H,15,17). The van der Waals surface area contributed by atoms with Crippen LogP contribution in [-0.2, 0) is 0 Å². The maximum Gasteiger partial charge on any atom is 0.326 e. The molecule has 3 rings (SSSR count). The third-order valence-electron chi connectivity index (χ3n) is 3.49. The number of hydrogen-bond donors (Lipinski definition) is 2. The number of halogens is 1. The third kappa shape index (κ3) is 1.67. The second kappa shape index (κ2) is 3.70. The minimum absolute atomic E-state index is 0.136. The minimum atomic E-state index is -0.339. The largest absolute Gasteiger partial charge is 0.328 e. The van der Waals surface area contributed by atoms with E-state index in [-0.39, 0.29) is 23.6 Å². The van der Waals surface area contributed by atoms with Gasteiger partial charge in [0.15, 0.2) is 0 Å². The zero-order valence-corrected chi connectivity index (χ0v) is 9.32. The maximum atomic E-state index is 13.1. The van der Waals surface area contributed by atoms with Crippen LogP contribution in [0.1, 0.15) is 25.3 Å². The second-order valence-electron chi connectivity index (χ2n) is 4.69. The van der Waals surface area contributed by atoms with Gasteiger partial charge in [-0.1, -0.05) is 0 Å². The lowest BCUT2D eigenvalue weighted by Crippen LogP contribution is -2.22. The van der Waals surface area contributed by atoms with Crippen molar-refractivity contribution in [3.8, 4) is 0 Å². The van der Waals surface area contributed by atoms with E-state index < -0.39 is 0 Å². The van der Waals surface area contributed by atoms with Gasteiger partial charge in [0, 0.05) is 12.1 Å². The quantitative estimate of drug-likeness (QED) is 0.787. The lowest BCUT2D eigenvalue weighted by atomic mass is 10.2. The van der Waals surface area contributed by atoms with Crippen molar-refractivity contribution in [1.82, 2.24) is 9.55 Å². The van der Waals surface area contributed by atoms with Crippen LogP contribution >= 0.6 is 0 Å². The Hall–Kier alpha value is -1.62. The van der Waals surface area contributed by atoms with Gasteiger partial charge in [-0.25, -0.2) is 9.18 Å². The van der Waals surface area contributed by atoms with E-state index in [4.69, 9.17) is 5.73 Å². The van der Waals surface area contributed by atoms with Crippen LogP contribution in [0.25, 0.3) is 11.0 Å². The van der Waals surface area contributed by atoms with Crippen molar-refractivity contribution >= 4 is 11.0 Å². The monoisotopic (exact) mass is 235 g/mol. The molecule has 1 fully saturated rings. The molecule has 0 aliphatic heterocycles. The molecule has 1 aromatic heterocycles. The number of nitrogens with one attached hydrogen (secondary N) is 1. The van der Waals surface area contributed by atoms with Crippen molar-refractivity contribution in [2.24, 2.45) is 5.73 Å². The number of imidazole rings is 1. The highest BCUT2D eigenvalue weighted by Crippen LogP contribution is 2.30. The lowest BCUT2D eigenvalue weighted by molar-refractivity contribution is 0.509. The summed E-state index contributed by atoms with van der Waals surface area (Å²) in [4.78, 5) is 14.6. The molecule has 2 atom stereocenters. The molecule has 4 nitrogen and oxygen atoms in total. The van der Waals surface area contributed by atoms with Crippen molar-refractivity contribution in [2.45, 2.75) is 31.3 Å². The van der Waals surface area contributed by atoms with Crippen molar-refractivity contribution in [3.05, 3.63) is 34.5 Å². The molecule has 2 aromatic rings. The van der Waals surface area contributed by atoms with Gasteiger partial charge in [0.2, 0.25) is 0 Å². The summed E-state index contributed by atoms with van der Waals surface area (Å²) in [7, 11) is 0. The summed E-state index contributed by atoms with van der Waals surface area (Å²) in [6.45, 7) is 0. The molecule has 0 spiro atoms. The van der Waals surface area contributed by atoms with Gasteiger partial charge < -0.3 is 10.7 Å². The average Bonchev–Trinajstić information content (AvgIpc) is 2.80. The number of nitrogens with two attached hydrogens (primary N) is 1. The summed E-state index contributed by atoms with van der Waals surface area (Å²) >= 11 is 0. The Morgan fingerprint density at radius 2 is 2.24 bits per heavy atom. The smallest absolute Gasteiger partial charge is 0.326 e. The first-order chi connectivity index (χ1) is 8.15. The van der Waals surface area contributed by atoms with E-state index in [1.165, 1.54) is 12.1 Å². The Kier molecular flexibility index (Phi) is 2.29. The van der Waals surface area contributed by atoms with Gasteiger partial charge in [0.25, 0.3) is 0 Å². The van der Waals surface area contributed by atoms with Crippen molar-refractivity contribution in [1.29, 1.82) is 0 Å². The zero-order valence-electron chi connectivity index (χ0n) is 9.32. The van der Waals surface area contributed by atoms with E-state index in [0.29, 0.717) is 5.52 Å². The number of fused-ring (bicyclic) bond motifs is 1. The van der Waals surface area contributed by atoms with Gasteiger partial charge in [0.05, 0.1) is 11.0 Å². The number of H-pyrrole nitrogens is 1. The summed E-state index contributed by atoms with van der Waals surface area (Å²) in [5.74, 6) is -0.339. The van der Waals surface area contributed by atoms with E-state index in [1.807, 2.05) is 0 Å². The average molecular weight is 235 g/mol. The number of hydrogen-bond acceptors (Lipinski definition) is 2. The van der Waals surface area contributed by atoms with Crippen LogP contribution in [0.3, 0.4) is 0 Å². The summed E-state index contributed by atoms with van der Waals surface area (Å²) in [5, 5.41) is 0. The highest BCUT2D eigenvalue weighted by Gasteiger charge is 2.25. The Bertz CT molecular complexity index is 616. The molecule has 17 heavy (non-hydrogen) atoms. The summed E-state index contributed by atoms with van der Waals surface area (Å²) < 4.78 is 14.8. The molecule has 0 saturated heterocycles. The number of nitrogens with zero attached hydrogens (tertiary/aromatic N) is 1. The molecule has 0 amide bonds. The molecule has 1 aromatic carbocycles. The van der Waals surface area contributed by atoms with Crippen LogP contribution in [0.4, 0.5) is 4.39 Å². The van der Waals surface area contributed by atoms with Gasteiger partial charge in [0.1, 0.15) is 5.82 Å². The van der Waals surface area contributed by atoms with Crippen LogP contribution < -0.4 is 11.4 Å². The predicted octanol–water partition coefficient (Wildman–Crippen LogP) is 1.52. The number of rotatable bonds is 1. The van der Waals surface area contributed by atoms with E-state index >= 15 is 0 Å². The van der Waals surface area contributed by atoms with Gasteiger partial charge in [-0.05, 0) is 37.5 Å². The normalized spacial score (nSPS) is 24.6. The molecular weight excluding hydrogens is 221 g/mol. The van der Waals surface area contributed by atoms with Gasteiger partial charge in [-0.2, -0.15) is 0 Å². The lowest BCUT2D eigenvalue weighted by Gasteiger charge is -2.11. The molecule has 5 heteroatoms. The first-order valence-electron chi connectivity index (χ1n) is 5.80. The molecule has 1 saturated carbocycles. The fraction of sp³-hybridized carbons (Fsp3) is 0.417. The highest BCUT2D eigenvalue weighted by molar-refractivity contribution is 5.75. The predicted molar refractivity (Wildman–Crippen MR) is 63.4 cm³/mol. The van der Waals surface area contributed by atoms with Crippen LogP contribution in [-0.4, -0.2) is 15.6 Å². The summed E-state index contributed by atoms with van der Waals surface area (Å²) in [5.41, 5.74) is 7.00. The van der Waals surface area contributed by atoms with Crippen LogP contribution in [0.15, 0.2) is 23.0 Å². The van der Waals surface area contributed by atoms with E-state index in [0.717, 1.165) is 24.8 Å². The Balaban J connectivity index is 2.15. The van der Waals surface area contributed by atoms with Crippen molar-refractivity contribution < 1.29 is 4.39 Å². The van der Waals surface area contributed by atoms with E-state index in [9.17, 15) is 9.18 Å². The number of aromatic nitrogens is 2. The zero-order chi connectivity index (χ0) is 12.0. The van der Waals surface area contributed by atoms with E-state index in [2.05, 4.69) is 4.98 Å². The van der Waals surface area contributed by atoms with Crippen molar-refractivity contribution in [3.63, 3.8) is 0 Å². The maximum absolute atomic E-state index is 13.1. The van der Waals surface area contributed by atoms with Gasteiger partial charge in [-0.3, -0.25) is 4.57 Å². The fourth-order valence-corrected chi connectivity index (χ4v) is 2.69. The molecule has 2 unspecified atom stereocenters. The van der Waals surface area contributed by atoms with Crippen molar-refractivity contribution in [2.75, 3.05) is 0 Å². The molecular formula is C12H14FN3O. The SMILES string of the molecule is NC1CCC(n2c(=O)[nH]c3cc(F)ccc32)C1. The molecule has 0 radical (unpaired) electrons. The summed E-state index contributed by atoms with van der Waals surface area (Å²) in [6, 6.07) is 4.67. The van der Waals surface area contributed by atoms with Crippen LogP contribution in [0.5, 0.6) is 0 Å². The molecule has 1 aliphatic carbocycles. The molecule has 1 aliphatic rings. The van der Waals surface area contributed by atoms with E-state index in [1.54, 1.807) is 10.6 Å². The van der Waals surface area contributed by atoms with Crippen LogP contribution in [0.2, 0.25) is 0 Å². The van der Waals surface area contributed by atoms with Gasteiger partial charge in [-0.15, -0.1) is 0 Å².